The average Bonchev–Trinajstić information content (AvgIpc) is 3.09. The maximum absolute atomic E-state index is 12.6. The zero-order valence-corrected chi connectivity index (χ0v) is 18.2. The molecule has 32 heavy (non-hydrogen) atoms. The Labute approximate surface area is 185 Å². The van der Waals surface area contributed by atoms with E-state index in [1.807, 2.05) is 0 Å². The number of nitro groups is 1. The van der Waals surface area contributed by atoms with Gasteiger partial charge in [0.2, 0.25) is 5.91 Å². The second-order valence-corrected chi connectivity index (χ2v) is 8.52. The van der Waals surface area contributed by atoms with Gasteiger partial charge in [-0.1, -0.05) is 6.92 Å². The van der Waals surface area contributed by atoms with E-state index in [0.29, 0.717) is 11.3 Å². The van der Waals surface area contributed by atoms with Crippen LogP contribution in [0.3, 0.4) is 0 Å². The number of β-lactam (4-membered cyclic amide) rings is 1. The van der Waals surface area contributed by atoms with Crippen molar-refractivity contribution in [2.24, 2.45) is 5.92 Å². The number of amides is 2. The number of carboxylic acid groups (broad SMARTS) is 1. The average molecular weight is 467 g/mol. The van der Waals surface area contributed by atoms with Crippen molar-refractivity contribution in [1.82, 2.24) is 20.0 Å². The highest BCUT2D eigenvalue weighted by molar-refractivity contribution is 8.00. The first kappa shape index (κ1) is 23.2. The third-order valence-electron chi connectivity index (χ3n) is 5.05. The van der Waals surface area contributed by atoms with Gasteiger partial charge in [-0.05, 0) is 11.8 Å². The Morgan fingerprint density at radius 3 is 2.72 bits per heavy atom. The number of hydrogen-bond donors (Lipinski definition) is 2. The van der Waals surface area contributed by atoms with Crippen LogP contribution in [0, 0.1) is 23.0 Å². The summed E-state index contributed by atoms with van der Waals surface area (Å²) in [4.78, 5) is 59.4. The maximum atomic E-state index is 12.6. The normalized spacial score (nSPS) is 20.8. The molecule has 2 aliphatic rings. The molecule has 0 unspecified atom stereocenters. The Morgan fingerprint density at radius 2 is 2.16 bits per heavy atom. The quantitative estimate of drug-likeness (QED) is 0.230. The molecule has 0 aromatic carbocycles. The van der Waals surface area contributed by atoms with Crippen LogP contribution in [-0.4, -0.2) is 72.2 Å². The van der Waals surface area contributed by atoms with Gasteiger partial charge in [-0.3, -0.25) is 19.3 Å². The first-order chi connectivity index (χ1) is 15.0. The number of aromatic nitrogens is 2. The van der Waals surface area contributed by atoms with Gasteiger partial charge in [-0.2, -0.15) is 4.68 Å². The smallest absolute Gasteiger partial charge is 0.390 e. The maximum Gasteiger partial charge on any atom is 0.390 e. The van der Waals surface area contributed by atoms with Gasteiger partial charge < -0.3 is 25.3 Å². The van der Waals surface area contributed by atoms with E-state index in [1.165, 1.54) is 29.4 Å². The van der Waals surface area contributed by atoms with Gasteiger partial charge in [-0.25, -0.2) is 4.79 Å². The van der Waals surface area contributed by atoms with E-state index < -0.39 is 46.0 Å². The molecule has 1 aromatic heterocycles. The molecule has 0 bridgehead atoms. The van der Waals surface area contributed by atoms with E-state index >= 15 is 0 Å². The minimum atomic E-state index is -1.32. The van der Waals surface area contributed by atoms with E-state index in [4.69, 9.17) is 4.74 Å². The molecule has 2 aliphatic heterocycles. The molecule has 13 nitrogen and oxygen atoms in total. The number of rotatable bonds is 8. The fourth-order valence-corrected chi connectivity index (χ4v) is 4.72. The number of carbonyl (C=O) groups is 4. The van der Waals surface area contributed by atoms with Crippen LogP contribution in [0.25, 0.3) is 0 Å². The van der Waals surface area contributed by atoms with Gasteiger partial charge in [0.05, 0.1) is 29.3 Å². The number of carbonyl (C=O) groups excluding carboxylic acids is 3. The van der Waals surface area contributed by atoms with E-state index in [2.05, 4.69) is 10.4 Å². The highest BCUT2D eigenvalue weighted by Gasteiger charge is 2.54. The van der Waals surface area contributed by atoms with Crippen molar-refractivity contribution >= 4 is 41.3 Å². The molecule has 1 aromatic rings. The summed E-state index contributed by atoms with van der Waals surface area (Å²) in [5, 5.41) is 26.3. The summed E-state index contributed by atoms with van der Waals surface area (Å²) >= 11 is 1.26. The molecule has 3 heterocycles. The molecular formula is C18H21N5O8S. The molecular weight excluding hydrogens is 446 g/mol. The van der Waals surface area contributed by atoms with Crippen molar-refractivity contribution in [2.75, 3.05) is 12.4 Å². The number of aliphatic carboxylic acids is 1. The number of ether oxygens (including phenoxy) is 1. The summed E-state index contributed by atoms with van der Waals surface area (Å²) < 4.78 is 6.23. The number of aryl methyl sites for hydroxylation is 1. The van der Waals surface area contributed by atoms with Crippen molar-refractivity contribution in [3.05, 3.63) is 33.1 Å². The number of hydrogen-bond acceptors (Lipinski definition) is 9. The highest BCUT2D eigenvalue weighted by atomic mass is 32.2. The van der Waals surface area contributed by atoms with Gasteiger partial charge in [0.25, 0.3) is 5.91 Å². The summed E-state index contributed by atoms with van der Waals surface area (Å²) in [5.74, 6) is -3.68. The number of thioether (sulfide) groups is 1. The number of nitrogens with one attached hydrogen (secondary N) is 1. The van der Waals surface area contributed by atoms with Gasteiger partial charge >= 0.3 is 17.8 Å². The molecule has 3 atom stereocenters. The molecule has 2 N–H and O–H groups in total. The molecule has 0 aliphatic carbocycles. The predicted octanol–water partition coefficient (Wildman–Crippen LogP) is 0.0375. The zero-order chi connectivity index (χ0) is 23.7. The first-order valence-electron chi connectivity index (χ1n) is 9.53. The minimum absolute atomic E-state index is 0.0702. The molecule has 2 amide bonds. The van der Waals surface area contributed by atoms with Crippen LogP contribution < -0.4 is 5.32 Å². The van der Waals surface area contributed by atoms with E-state index in [1.54, 1.807) is 13.8 Å². The zero-order valence-electron chi connectivity index (χ0n) is 17.4. The van der Waals surface area contributed by atoms with Crippen molar-refractivity contribution in [2.45, 2.75) is 38.7 Å². The van der Waals surface area contributed by atoms with Crippen molar-refractivity contribution in [1.29, 1.82) is 0 Å². The second kappa shape index (κ2) is 8.98. The lowest BCUT2D eigenvalue weighted by Crippen LogP contribution is -2.71. The Bertz CT molecular complexity index is 1030. The van der Waals surface area contributed by atoms with E-state index in [9.17, 15) is 34.4 Å². The van der Waals surface area contributed by atoms with Crippen LogP contribution >= 0.6 is 11.8 Å². The summed E-state index contributed by atoms with van der Waals surface area (Å²) in [6.45, 7) is 4.26. The van der Waals surface area contributed by atoms with Crippen LogP contribution in [-0.2, 0) is 30.5 Å². The Balaban J connectivity index is 1.67. The molecule has 1 saturated heterocycles. The Kier molecular flexibility index (Phi) is 6.52. The number of esters is 1. The molecule has 14 heteroatoms. The number of nitrogens with zero attached hydrogens (tertiary/aromatic N) is 4. The van der Waals surface area contributed by atoms with Gasteiger partial charge in [0.15, 0.2) is 0 Å². The highest BCUT2D eigenvalue weighted by Crippen LogP contribution is 2.40. The molecule has 0 saturated carbocycles. The lowest BCUT2D eigenvalue weighted by Gasteiger charge is -2.49. The first-order valence-corrected chi connectivity index (χ1v) is 10.6. The monoisotopic (exact) mass is 467 g/mol. The van der Waals surface area contributed by atoms with E-state index in [-0.39, 0.29) is 30.4 Å². The minimum Gasteiger partial charge on any atom is -0.477 e. The fraction of sp³-hybridized carbons (Fsp3) is 0.500. The summed E-state index contributed by atoms with van der Waals surface area (Å²) in [7, 11) is 0. The van der Waals surface area contributed by atoms with Crippen molar-refractivity contribution in [3.8, 4) is 0 Å². The van der Waals surface area contributed by atoms with Crippen LogP contribution in [0.15, 0.2) is 17.3 Å². The van der Waals surface area contributed by atoms with Crippen LogP contribution in [0.2, 0.25) is 0 Å². The van der Waals surface area contributed by atoms with Crippen molar-refractivity contribution < 1.29 is 33.9 Å². The molecule has 0 spiro atoms. The second-order valence-electron chi connectivity index (χ2n) is 7.42. The lowest BCUT2D eigenvalue weighted by atomic mass is 10.0. The van der Waals surface area contributed by atoms with Crippen LogP contribution in [0.4, 0.5) is 5.82 Å². The molecule has 1 fully saturated rings. The van der Waals surface area contributed by atoms with E-state index in [0.717, 1.165) is 4.90 Å². The summed E-state index contributed by atoms with van der Waals surface area (Å²) in [6, 6.07) is 0.386. The predicted molar refractivity (Wildman–Crippen MR) is 109 cm³/mol. The Morgan fingerprint density at radius 1 is 1.47 bits per heavy atom. The largest absolute Gasteiger partial charge is 0.477 e. The Hall–Kier alpha value is -3.42. The number of fused-ring (bicyclic) bond motifs is 1. The number of carboxylic acids is 1. The molecule has 0 radical (unpaired) electrons. The topological polar surface area (TPSA) is 174 Å². The standard InChI is InChI=1S/C18H21N5O8S/c1-8(5-21-9(2)4-12(20-21)23(29)30)15(25)19-13-16(26)22-14(18(27)28)11(6-31-10(3)24)7-32-17(13)22/h4,8,13,17H,5-7H2,1-3H3,(H,19,25)(H,27,28)/t8-,13+,17-/m1/s1. The van der Waals surface area contributed by atoms with Gasteiger partial charge in [0.1, 0.15) is 23.7 Å². The SMILES string of the molecule is CC(=O)OCC1=C(C(=O)O)N2C(=O)[C@H](NC(=O)[C@H](C)Cn3nc([N+](=O)[O-])cc3C)[C@H]2SC1. The summed E-state index contributed by atoms with van der Waals surface area (Å²) in [5.41, 5.74) is 0.579. The van der Waals surface area contributed by atoms with Gasteiger partial charge in [0, 0.05) is 18.2 Å². The van der Waals surface area contributed by atoms with Gasteiger partial charge in [-0.15, -0.1) is 11.8 Å². The van der Waals surface area contributed by atoms with Crippen molar-refractivity contribution in [3.63, 3.8) is 0 Å². The third kappa shape index (κ3) is 4.44. The molecule has 172 valence electrons. The lowest BCUT2D eigenvalue weighted by molar-refractivity contribution is -0.389. The van der Waals surface area contributed by atoms with Crippen LogP contribution in [0.1, 0.15) is 19.5 Å². The van der Waals surface area contributed by atoms with Crippen LogP contribution in [0.5, 0.6) is 0 Å². The summed E-state index contributed by atoms with van der Waals surface area (Å²) in [6.07, 6.45) is 0. The third-order valence-corrected chi connectivity index (χ3v) is 6.39. The fourth-order valence-electron chi connectivity index (χ4n) is 3.39. The molecule has 3 rings (SSSR count).